The molecule has 234 valence electrons. The summed E-state index contributed by atoms with van der Waals surface area (Å²) in [7, 11) is 0. The molecule has 1 aliphatic carbocycles. The van der Waals surface area contributed by atoms with E-state index >= 15 is 0 Å². The summed E-state index contributed by atoms with van der Waals surface area (Å²) in [5.74, 6) is 0. The lowest BCUT2D eigenvalue weighted by molar-refractivity contribution is 0.660. The molecule has 2 aromatic heterocycles. The third kappa shape index (κ3) is 4.36. The number of halogens is 1. The monoisotopic (exact) mass is 683 g/mol. The van der Waals surface area contributed by atoms with Crippen LogP contribution in [0.3, 0.4) is 0 Å². The van der Waals surface area contributed by atoms with Crippen LogP contribution in [0.1, 0.15) is 25.0 Å². The fourth-order valence-electron chi connectivity index (χ4n) is 7.94. The van der Waals surface area contributed by atoms with Gasteiger partial charge in [0.05, 0.1) is 10.4 Å². The second-order valence-electron chi connectivity index (χ2n) is 13.5. The van der Waals surface area contributed by atoms with E-state index in [-0.39, 0.29) is 5.41 Å². The molecule has 1 aliphatic rings. The molecule has 0 bridgehead atoms. The Morgan fingerprint density at radius 3 is 2.12 bits per heavy atom. The maximum atomic E-state index is 6.89. The summed E-state index contributed by atoms with van der Waals surface area (Å²) in [6.45, 7) is 4.72. The molecule has 49 heavy (non-hydrogen) atoms. The summed E-state index contributed by atoms with van der Waals surface area (Å²) in [6, 6.07) is 53.4. The Hall–Kier alpha value is -4.93. The molecule has 4 heteroatoms. The van der Waals surface area contributed by atoms with Gasteiger partial charge in [-0.1, -0.05) is 110 Å². The van der Waals surface area contributed by atoms with Gasteiger partial charge in [0.2, 0.25) is 0 Å². The van der Waals surface area contributed by atoms with Crippen molar-refractivity contribution in [3.63, 3.8) is 0 Å². The first-order valence-corrected chi connectivity index (χ1v) is 18.6. The Bertz CT molecular complexity index is 2770. The molecule has 0 unspecified atom stereocenters. The van der Waals surface area contributed by atoms with Gasteiger partial charge in [0.25, 0.3) is 0 Å². The molecule has 0 saturated carbocycles. The molecule has 10 rings (SSSR count). The Labute approximate surface area is 298 Å². The molecule has 0 fully saturated rings. The Balaban J connectivity index is 1.30. The lowest BCUT2D eigenvalue weighted by atomic mass is 9.82. The van der Waals surface area contributed by atoms with E-state index in [9.17, 15) is 0 Å². The fourth-order valence-corrected chi connectivity index (χ4v) is 10.6. The summed E-state index contributed by atoms with van der Waals surface area (Å²) in [5, 5.41) is 5.68. The van der Waals surface area contributed by atoms with Gasteiger partial charge in [0.15, 0.2) is 0 Å². The largest absolute Gasteiger partial charge is 0.309 e. The van der Waals surface area contributed by atoms with Gasteiger partial charge in [0.1, 0.15) is 0 Å². The van der Waals surface area contributed by atoms with Gasteiger partial charge in [-0.25, -0.2) is 0 Å². The first-order valence-electron chi connectivity index (χ1n) is 16.6. The van der Waals surface area contributed by atoms with Gasteiger partial charge in [0, 0.05) is 57.5 Å². The minimum absolute atomic E-state index is 0.118. The molecule has 0 radical (unpaired) electrons. The molecule has 9 aromatic rings. The highest BCUT2D eigenvalue weighted by Gasteiger charge is 2.36. The highest BCUT2D eigenvalue weighted by Crippen LogP contribution is 2.53. The van der Waals surface area contributed by atoms with Gasteiger partial charge in [-0.15, -0.1) is 22.7 Å². The number of benzene rings is 7. The van der Waals surface area contributed by atoms with Crippen molar-refractivity contribution in [2.75, 3.05) is 4.90 Å². The first kappa shape index (κ1) is 29.0. The summed E-state index contributed by atoms with van der Waals surface area (Å²) in [6.07, 6.45) is 0. The Morgan fingerprint density at radius 2 is 1.22 bits per heavy atom. The van der Waals surface area contributed by atoms with E-state index in [1.54, 1.807) is 11.3 Å². The first-order chi connectivity index (χ1) is 24.0. The van der Waals surface area contributed by atoms with Crippen LogP contribution in [-0.2, 0) is 5.41 Å². The predicted molar refractivity (Wildman–Crippen MR) is 215 cm³/mol. The number of thiophene rings is 2. The van der Waals surface area contributed by atoms with E-state index in [2.05, 4.69) is 152 Å². The van der Waals surface area contributed by atoms with Crippen LogP contribution in [0.5, 0.6) is 0 Å². The van der Waals surface area contributed by atoms with E-state index in [1.807, 2.05) is 23.5 Å². The number of rotatable bonds is 4. The van der Waals surface area contributed by atoms with Crippen molar-refractivity contribution in [1.82, 2.24) is 0 Å². The Morgan fingerprint density at radius 1 is 0.510 bits per heavy atom. The van der Waals surface area contributed by atoms with E-state index in [4.69, 9.17) is 11.6 Å². The van der Waals surface area contributed by atoms with Crippen molar-refractivity contribution in [2.45, 2.75) is 19.3 Å². The third-order valence-electron chi connectivity index (χ3n) is 10.3. The highest BCUT2D eigenvalue weighted by atomic mass is 35.5. The quantitative estimate of drug-likeness (QED) is 0.178. The van der Waals surface area contributed by atoms with Crippen molar-refractivity contribution in [2.24, 2.45) is 0 Å². The standard InChI is InChI=1S/C45H30ClNS2/c1-45(2)36-15-8-6-13-31(36)32-21-19-30(26-37(32)45)47(29-20-22-41-35(25-29)43-38(46)16-10-18-42(43)48-41)39-24-28(27-11-4-3-5-12-27)23-34-33-14-7-9-17-40(33)49-44(34)39/h3-26H,1-2H3. The number of anilines is 3. The number of nitrogens with zero attached hydrogens (tertiary/aromatic N) is 1. The second-order valence-corrected chi connectivity index (χ2v) is 16.0. The zero-order valence-corrected chi connectivity index (χ0v) is 29.4. The molecule has 1 nitrogen and oxygen atoms in total. The summed E-state index contributed by atoms with van der Waals surface area (Å²) < 4.78 is 5.02. The van der Waals surface area contributed by atoms with Crippen LogP contribution in [0.15, 0.2) is 146 Å². The van der Waals surface area contributed by atoms with Crippen LogP contribution in [0.2, 0.25) is 5.02 Å². The maximum absolute atomic E-state index is 6.89. The Kier molecular flexibility index (Phi) is 6.39. The van der Waals surface area contributed by atoms with Gasteiger partial charge < -0.3 is 4.90 Å². The van der Waals surface area contributed by atoms with Gasteiger partial charge >= 0.3 is 0 Å². The molecule has 0 atom stereocenters. The molecule has 0 N–H and O–H groups in total. The van der Waals surface area contributed by atoms with Crippen LogP contribution in [-0.4, -0.2) is 0 Å². The van der Waals surface area contributed by atoms with Crippen LogP contribution in [0.25, 0.3) is 62.6 Å². The number of fused-ring (bicyclic) bond motifs is 9. The van der Waals surface area contributed by atoms with E-state index < -0.39 is 0 Å². The van der Waals surface area contributed by atoms with E-state index in [1.165, 1.54) is 74.0 Å². The third-order valence-corrected chi connectivity index (χ3v) is 13.0. The normalized spacial score (nSPS) is 13.4. The van der Waals surface area contributed by atoms with Crippen LogP contribution >= 0.6 is 34.3 Å². The van der Waals surface area contributed by atoms with Crippen molar-refractivity contribution in [1.29, 1.82) is 0 Å². The summed E-state index contributed by atoms with van der Waals surface area (Å²) in [5.41, 5.74) is 11.1. The minimum Gasteiger partial charge on any atom is -0.309 e. The van der Waals surface area contributed by atoms with Gasteiger partial charge in [-0.2, -0.15) is 0 Å². The summed E-state index contributed by atoms with van der Waals surface area (Å²) in [4.78, 5) is 2.49. The SMILES string of the molecule is CC1(C)c2ccccc2-c2ccc(N(c3ccc4sc5cccc(Cl)c5c4c3)c3cc(-c4ccccc4)cc4c3sc3ccccc34)cc21. The molecular weight excluding hydrogens is 654 g/mol. The lowest BCUT2D eigenvalue weighted by Gasteiger charge is -2.29. The maximum Gasteiger partial charge on any atom is 0.0646 e. The average Bonchev–Trinajstić information content (AvgIpc) is 3.77. The average molecular weight is 684 g/mol. The fraction of sp³-hybridized carbons (Fsp3) is 0.0667. The highest BCUT2D eigenvalue weighted by molar-refractivity contribution is 7.26. The smallest absolute Gasteiger partial charge is 0.0646 e. The van der Waals surface area contributed by atoms with Crippen molar-refractivity contribution >= 4 is 91.7 Å². The zero-order chi connectivity index (χ0) is 32.9. The predicted octanol–water partition coefficient (Wildman–Crippen LogP) is 14.5. The van der Waals surface area contributed by atoms with E-state index in [0.29, 0.717) is 0 Å². The van der Waals surface area contributed by atoms with Crippen LogP contribution < -0.4 is 4.90 Å². The van der Waals surface area contributed by atoms with Crippen molar-refractivity contribution in [3.05, 3.63) is 162 Å². The zero-order valence-electron chi connectivity index (χ0n) is 27.0. The minimum atomic E-state index is -0.118. The molecule has 0 spiro atoms. The molecule has 0 saturated heterocycles. The molecule has 0 aliphatic heterocycles. The molecule has 2 heterocycles. The second kappa shape index (κ2) is 10.8. The molecule has 0 amide bonds. The molecular formula is C45H30ClNS2. The van der Waals surface area contributed by atoms with Gasteiger partial charge in [-0.3, -0.25) is 0 Å². The van der Waals surface area contributed by atoms with Gasteiger partial charge in [-0.05, 0) is 94.0 Å². The van der Waals surface area contributed by atoms with Crippen molar-refractivity contribution < 1.29 is 0 Å². The van der Waals surface area contributed by atoms with E-state index in [0.717, 1.165) is 21.8 Å². The summed E-state index contributed by atoms with van der Waals surface area (Å²) >= 11 is 10.6. The van der Waals surface area contributed by atoms with Crippen LogP contribution in [0, 0.1) is 0 Å². The van der Waals surface area contributed by atoms with Crippen molar-refractivity contribution in [3.8, 4) is 22.3 Å². The van der Waals surface area contributed by atoms with Crippen LogP contribution in [0.4, 0.5) is 17.1 Å². The number of hydrogen-bond donors (Lipinski definition) is 0. The lowest BCUT2D eigenvalue weighted by Crippen LogP contribution is -2.16. The molecule has 7 aromatic carbocycles. The topological polar surface area (TPSA) is 3.24 Å². The number of hydrogen-bond acceptors (Lipinski definition) is 3.